The predicted molar refractivity (Wildman–Crippen MR) is 126 cm³/mol. The molecule has 178 valence electrons. The normalized spacial score (nSPS) is 15.6. The molecule has 2 heterocycles. The Morgan fingerprint density at radius 2 is 1.97 bits per heavy atom. The molecule has 9 heteroatoms. The summed E-state index contributed by atoms with van der Waals surface area (Å²) in [4.78, 5) is 30.8. The predicted octanol–water partition coefficient (Wildman–Crippen LogP) is 3.88. The van der Waals surface area contributed by atoms with Gasteiger partial charge < -0.3 is 24.2 Å². The highest BCUT2D eigenvalue weighted by Gasteiger charge is 2.29. The average molecular weight is 465 g/mol. The third-order valence-corrected chi connectivity index (χ3v) is 5.71. The average Bonchev–Trinajstić information content (AvgIpc) is 3.38. The zero-order valence-corrected chi connectivity index (χ0v) is 19.3. The van der Waals surface area contributed by atoms with Gasteiger partial charge in [0.2, 0.25) is 17.6 Å². The lowest BCUT2D eigenvalue weighted by Crippen LogP contribution is -2.41. The SMILES string of the molecule is CCC(=O)Nc1cccc(-c2noc([C@H]3CCCN(C(=O)COc4ccc(OC)cc4)C3)n2)c1. The van der Waals surface area contributed by atoms with Gasteiger partial charge in [-0.15, -0.1) is 0 Å². The third kappa shape index (κ3) is 5.72. The first-order valence-corrected chi connectivity index (χ1v) is 11.3. The Balaban J connectivity index is 1.36. The Morgan fingerprint density at radius 3 is 2.74 bits per heavy atom. The first-order chi connectivity index (χ1) is 16.6. The topological polar surface area (TPSA) is 107 Å². The standard InChI is InChI=1S/C25H28N4O5/c1-3-22(30)26-19-8-4-6-17(14-19)24-27-25(34-28-24)18-7-5-13-29(15-18)23(31)16-33-21-11-9-20(32-2)10-12-21/h4,6,8-12,14,18H,3,5,7,13,15-16H2,1-2H3,(H,26,30)/t18-/m0/s1. The molecule has 34 heavy (non-hydrogen) atoms. The smallest absolute Gasteiger partial charge is 0.260 e. The van der Waals surface area contributed by atoms with Crippen LogP contribution in [0.3, 0.4) is 0 Å². The van der Waals surface area contributed by atoms with E-state index in [0.29, 0.717) is 42.7 Å². The van der Waals surface area contributed by atoms with Crippen molar-refractivity contribution in [3.05, 3.63) is 54.4 Å². The van der Waals surface area contributed by atoms with Gasteiger partial charge in [0.25, 0.3) is 5.91 Å². The molecule has 0 spiro atoms. The van der Waals surface area contributed by atoms with E-state index in [0.717, 1.165) is 24.2 Å². The first-order valence-electron chi connectivity index (χ1n) is 11.3. The van der Waals surface area contributed by atoms with Crippen molar-refractivity contribution in [1.29, 1.82) is 0 Å². The molecule has 1 fully saturated rings. The molecule has 2 aromatic carbocycles. The monoisotopic (exact) mass is 464 g/mol. The van der Waals surface area contributed by atoms with Crippen molar-refractivity contribution < 1.29 is 23.6 Å². The van der Waals surface area contributed by atoms with E-state index < -0.39 is 0 Å². The van der Waals surface area contributed by atoms with Crippen molar-refractivity contribution in [3.8, 4) is 22.9 Å². The zero-order valence-electron chi connectivity index (χ0n) is 19.3. The molecule has 0 aliphatic carbocycles. The number of hydrogen-bond acceptors (Lipinski definition) is 7. The lowest BCUT2D eigenvalue weighted by atomic mass is 9.98. The van der Waals surface area contributed by atoms with Crippen LogP contribution in [-0.4, -0.2) is 53.7 Å². The summed E-state index contributed by atoms with van der Waals surface area (Å²) in [5.74, 6) is 2.12. The van der Waals surface area contributed by atoms with Crippen molar-refractivity contribution in [1.82, 2.24) is 15.0 Å². The number of carbonyl (C=O) groups is 2. The van der Waals surface area contributed by atoms with Crippen LogP contribution in [0.5, 0.6) is 11.5 Å². The van der Waals surface area contributed by atoms with Crippen LogP contribution in [0.25, 0.3) is 11.4 Å². The highest BCUT2D eigenvalue weighted by atomic mass is 16.5. The van der Waals surface area contributed by atoms with Gasteiger partial charge in [0.15, 0.2) is 6.61 Å². The van der Waals surface area contributed by atoms with Crippen LogP contribution >= 0.6 is 0 Å². The second-order valence-corrected chi connectivity index (χ2v) is 8.08. The number of carbonyl (C=O) groups excluding carboxylic acids is 2. The number of anilines is 1. The lowest BCUT2D eigenvalue weighted by Gasteiger charge is -2.30. The molecule has 1 saturated heterocycles. The summed E-state index contributed by atoms with van der Waals surface area (Å²) in [6.45, 7) is 2.93. The molecule has 4 rings (SSSR count). The fourth-order valence-electron chi connectivity index (χ4n) is 3.82. The van der Waals surface area contributed by atoms with E-state index in [1.54, 1.807) is 43.2 Å². The van der Waals surface area contributed by atoms with Crippen molar-refractivity contribution in [2.45, 2.75) is 32.1 Å². The van der Waals surface area contributed by atoms with Crippen LogP contribution in [-0.2, 0) is 9.59 Å². The minimum Gasteiger partial charge on any atom is -0.497 e. The maximum atomic E-state index is 12.7. The molecule has 1 aromatic heterocycles. The maximum absolute atomic E-state index is 12.7. The van der Waals surface area contributed by atoms with Gasteiger partial charge >= 0.3 is 0 Å². The van der Waals surface area contributed by atoms with Crippen molar-refractivity contribution in [2.75, 3.05) is 32.1 Å². The van der Waals surface area contributed by atoms with Crippen LogP contribution in [0.2, 0.25) is 0 Å². The molecular weight excluding hydrogens is 436 g/mol. The fraction of sp³-hybridized carbons (Fsp3) is 0.360. The number of nitrogens with one attached hydrogen (secondary N) is 1. The number of nitrogens with zero attached hydrogens (tertiary/aromatic N) is 3. The van der Waals surface area contributed by atoms with E-state index in [9.17, 15) is 9.59 Å². The number of benzene rings is 2. The van der Waals surface area contributed by atoms with Crippen LogP contribution < -0.4 is 14.8 Å². The highest BCUT2D eigenvalue weighted by Crippen LogP contribution is 2.28. The van der Waals surface area contributed by atoms with Crippen LogP contribution in [0.4, 0.5) is 5.69 Å². The molecule has 0 saturated carbocycles. The number of aromatic nitrogens is 2. The fourth-order valence-corrected chi connectivity index (χ4v) is 3.82. The largest absolute Gasteiger partial charge is 0.497 e. The third-order valence-electron chi connectivity index (χ3n) is 5.71. The zero-order chi connectivity index (χ0) is 23.9. The van der Waals surface area contributed by atoms with Gasteiger partial charge in [-0.1, -0.05) is 24.2 Å². The van der Waals surface area contributed by atoms with Crippen LogP contribution in [0.15, 0.2) is 53.1 Å². The summed E-state index contributed by atoms with van der Waals surface area (Å²) < 4.78 is 16.3. The van der Waals surface area contributed by atoms with Crippen molar-refractivity contribution >= 4 is 17.5 Å². The maximum Gasteiger partial charge on any atom is 0.260 e. The number of likely N-dealkylation sites (tertiary alicyclic amines) is 1. The van der Waals surface area contributed by atoms with E-state index in [1.165, 1.54) is 0 Å². The van der Waals surface area contributed by atoms with E-state index >= 15 is 0 Å². The van der Waals surface area contributed by atoms with Gasteiger partial charge in [-0.2, -0.15) is 4.98 Å². The number of rotatable bonds is 8. The summed E-state index contributed by atoms with van der Waals surface area (Å²) in [5, 5.41) is 6.96. The number of amides is 2. The van der Waals surface area contributed by atoms with Crippen LogP contribution in [0, 0.1) is 0 Å². The number of ether oxygens (including phenoxy) is 2. The summed E-state index contributed by atoms with van der Waals surface area (Å²) >= 11 is 0. The van der Waals surface area contributed by atoms with E-state index in [2.05, 4.69) is 15.5 Å². The number of methoxy groups -OCH3 is 1. The number of hydrogen-bond donors (Lipinski definition) is 1. The summed E-state index contributed by atoms with van der Waals surface area (Å²) in [6.07, 6.45) is 2.10. The quantitative estimate of drug-likeness (QED) is 0.539. The summed E-state index contributed by atoms with van der Waals surface area (Å²) in [5.41, 5.74) is 1.43. The number of piperidine rings is 1. The van der Waals surface area contributed by atoms with Crippen molar-refractivity contribution in [2.24, 2.45) is 0 Å². The second-order valence-electron chi connectivity index (χ2n) is 8.08. The Labute approximate surface area is 198 Å². The molecule has 1 aliphatic heterocycles. The van der Waals surface area contributed by atoms with E-state index in [1.807, 2.05) is 24.3 Å². The van der Waals surface area contributed by atoms with Crippen molar-refractivity contribution in [3.63, 3.8) is 0 Å². The van der Waals surface area contributed by atoms with E-state index in [4.69, 9.17) is 14.0 Å². The minimum atomic E-state index is -0.0837. The first kappa shape index (κ1) is 23.3. The molecule has 9 nitrogen and oxygen atoms in total. The molecule has 1 atom stereocenters. The summed E-state index contributed by atoms with van der Waals surface area (Å²) in [7, 11) is 1.60. The molecule has 2 amide bonds. The van der Waals surface area contributed by atoms with Gasteiger partial charge in [-0.25, -0.2) is 0 Å². The molecule has 0 unspecified atom stereocenters. The molecule has 1 aliphatic rings. The second kappa shape index (κ2) is 10.8. The summed E-state index contributed by atoms with van der Waals surface area (Å²) in [6, 6.07) is 14.5. The Morgan fingerprint density at radius 1 is 1.18 bits per heavy atom. The van der Waals surface area contributed by atoms with Crippen LogP contribution in [0.1, 0.15) is 38.0 Å². The van der Waals surface area contributed by atoms with Gasteiger partial charge in [0.05, 0.1) is 13.0 Å². The Bertz CT molecular complexity index is 1130. The van der Waals surface area contributed by atoms with Gasteiger partial charge in [0.1, 0.15) is 11.5 Å². The molecule has 1 N–H and O–H groups in total. The Kier molecular flexibility index (Phi) is 7.41. The Hall–Kier alpha value is -3.88. The molecule has 0 radical (unpaired) electrons. The lowest BCUT2D eigenvalue weighted by molar-refractivity contribution is -0.134. The minimum absolute atomic E-state index is 0.0373. The molecule has 3 aromatic rings. The molecule has 0 bridgehead atoms. The van der Waals surface area contributed by atoms with Gasteiger partial charge in [-0.3, -0.25) is 9.59 Å². The molecular formula is C25H28N4O5. The van der Waals surface area contributed by atoms with Gasteiger partial charge in [0, 0.05) is 30.8 Å². The van der Waals surface area contributed by atoms with E-state index in [-0.39, 0.29) is 24.3 Å². The van der Waals surface area contributed by atoms with Gasteiger partial charge in [-0.05, 0) is 49.2 Å². The highest BCUT2D eigenvalue weighted by molar-refractivity contribution is 5.91.